The number of carbonyl (C=O) groups is 2. The maximum atomic E-state index is 13.6. The van der Waals surface area contributed by atoms with E-state index < -0.39 is 17.9 Å². The molecule has 1 aliphatic rings. The van der Waals surface area contributed by atoms with E-state index >= 15 is 0 Å². The van der Waals surface area contributed by atoms with E-state index in [0.29, 0.717) is 28.3 Å². The zero-order chi connectivity index (χ0) is 24.4. The molecule has 0 fully saturated rings. The summed E-state index contributed by atoms with van der Waals surface area (Å²) in [6.45, 7) is -0.133. The molecular formula is C25H19FN6O3. The molecule has 1 atom stereocenters. The van der Waals surface area contributed by atoms with Gasteiger partial charge in [-0.05, 0) is 48.4 Å². The zero-order valence-corrected chi connectivity index (χ0v) is 18.5. The minimum absolute atomic E-state index is 0.133. The minimum Gasteiger partial charge on any atom is -0.489 e. The number of hydrogen-bond donors (Lipinski definition) is 2. The van der Waals surface area contributed by atoms with Crippen LogP contribution in [0.4, 0.5) is 20.6 Å². The highest BCUT2D eigenvalue weighted by Crippen LogP contribution is 2.31. The van der Waals surface area contributed by atoms with Crippen LogP contribution in [0.3, 0.4) is 0 Å². The van der Waals surface area contributed by atoms with Gasteiger partial charge >= 0.3 is 6.03 Å². The number of likely N-dealkylation sites (N-methyl/N-ethyl adjacent to an activating group) is 1. The van der Waals surface area contributed by atoms with E-state index in [4.69, 9.17) is 4.74 Å². The van der Waals surface area contributed by atoms with Crippen molar-refractivity contribution in [1.29, 1.82) is 0 Å². The first kappa shape index (κ1) is 21.9. The summed E-state index contributed by atoms with van der Waals surface area (Å²) in [7, 11) is 1.54. The van der Waals surface area contributed by atoms with Gasteiger partial charge in [0.05, 0.1) is 11.9 Å². The van der Waals surface area contributed by atoms with Crippen LogP contribution >= 0.6 is 0 Å². The fraction of sp³-hybridized carbons (Fsp3) is 0.120. The number of imidazole rings is 1. The Labute approximate surface area is 199 Å². The number of fused-ring (bicyclic) bond motifs is 2. The molecule has 35 heavy (non-hydrogen) atoms. The second kappa shape index (κ2) is 9.15. The topological polar surface area (TPSA) is 101 Å². The van der Waals surface area contributed by atoms with Crippen LogP contribution in [0.5, 0.6) is 5.75 Å². The summed E-state index contributed by atoms with van der Waals surface area (Å²) in [5, 5.41) is 9.55. The van der Waals surface area contributed by atoms with Crippen molar-refractivity contribution < 1.29 is 18.7 Å². The molecule has 2 N–H and O–H groups in total. The third kappa shape index (κ3) is 4.60. The van der Waals surface area contributed by atoms with Gasteiger partial charge in [-0.25, -0.2) is 18.7 Å². The molecule has 0 spiro atoms. The summed E-state index contributed by atoms with van der Waals surface area (Å²) in [6.07, 6.45) is 3.29. The summed E-state index contributed by atoms with van der Waals surface area (Å²) >= 11 is 0. The lowest BCUT2D eigenvalue weighted by molar-refractivity contribution is -0.120. The molecule has 3 amide bonds. The van der Waals surface area contributed by atoms with Gasteiger partial charge in [-0.3, -0.25) is 4.79 Å². The van der Waals surface area contributed by atoms with Gasteiger partial charge in [-0.15, -0.1) is 0 Å². The molecule has 2 aromatic heterocycles. The van der Waals surface area contributed by atoms with Gasteiger partial charge in [-0.2, -0.15) is 5.10 Å². The normalized spacial score (nSPS) is 14.9. The highest BCUT2D eigenvalue weighted by atomic mass is 19.1. The third-order valence-corrected chi connectivity index (χ3v) is 5.36. The van der Waals surface area contributed by atoms with Crippen molar-refractivity contribution in [2.45, 2.75) is 6.04 Å². The fourth-order valence-electron chi connectivity index (χ4n) is 3.63. The van der Waals surface area contributed by atoms with Gasteiger partial charge in [0, 0.05) is 30.6 Å². The number of hydrogen-bond acceptors (Lipinski definition) is 5. The summed E-state index contributed by atoms with van der Waals surface area (Å²) in [4.78, 5) is 31.0. The molecule has 0 radical (unpaired) electrons. The second-order valence-corrected chi connectivity index (χ2v) is 7.74. The van der Waals surface area contributed by atoms with Crippen LogP contribution in [0.25, 0.3) is 5.65 Å². The molecule has 2 aromatic carbocycles. The van der Waals surface area contributed by atoms with Gasteiger partial charge in [0.25, 0.3) is 5.91 Å². The van der Waals surface area contributed by atoms with E-state index in [1.165, 1.54) is 23.1 Å². The number of urea groups is 1. The quantitative estimate of drug-likeness (QED) is 0.439. The lowest BCUT2D eigenvalue weighted by Gasteiger charge is -2.20. The van der Waals surface area contributed by atoms with E-state index in [-0.39, 0.29) is 18.3 Å². The van der Waals surface area contributed by atoms with Crippen molar-refractivity contribution in [2.24, 2.45) is 0 Å². The number of rotatable bonds is 2. The molecule has 0 bridgehead atoms. The lowest BCUT2D eigenvalue weighted by atomic mass is 10.2. The highest BCUT2D eigenvalue weighted by Gasteiger charge is 2.30. The van der Waals surface area contributed by atoms with Crippen molar-refractivity contribution in [2.75, 3.05) is 23.9 Å². The smallest absolute Gasteiger partial charge is 0.320 e. The summed E-state index contributed by atoms with van der Waals surface area (Å²) in [5.74, 6) is 5.44. The number of anilines is 2. The number of ether oxygens (including phenoxy) is 1. The lowest BCUT2D eigenvalue weighted by Crippen LogP contribution is -2.50. The van der Waals surface area contributed by atoms with Crippen LogP contribution in [0.1, 0.15) is 11.3 Å². The van der Waals surface area contributed by atoms with Crippen LogP contribution in [-0.4, -0.2) is 46.2 Å². The van der Waals surface area contributed by atoms with Crippen molar-refractivity contribution in [3.05, 3.63) is 84.1 Å². The minimum atomic E-state index is -0.957. The maximum Gasteiger partial charge on any atom is 0.320 e. The molecule has 0 unspecified atom stereocenters. The van der Waals surface area contributed by atoms with Crippen LogP contribution in [0.15, 0.2) is 67.0 Å². The van der Waals surface area contributed by atoms with Crippen LogP contribution in [0.2, 0.25) is 0 Å². The Morgan fingerprint density at radius 3 is 2.94 bits per heavy atom. The predicted molar refractivity (Wildman–Crippen MR) is 127 cm³/mol. The Balaban J connectivity index is 1.26. The third-order valence-electron chi connectivity index (χ3n) is 5.36. The maximum absolute atomic E-state index is 13.6. The van der Waals surface area contributed by atoms with Gasteiger partial charge in [0.15, 0.2) is 5.65 Å². The first-order valence-corrected chi connectivity index (χ1v) is 10.7. The predicted octanol–water partition coefficient (Wildman–Crippen LogP) is 2.81. The number of benzene rings is 2. The number of aromatic nitrogens is 3. The molecule has 4 aromatic rings. The average Bonchev–Trinajstić information content (AvgIpc) is 3.23. The Morgan fingerprint density at radius 2 is 2.06 bits per heavy atom. The Hall–Kier alpha value is -4.91. The number of nitrogens with one attached hydrogen (secondary N) is 2. The zero-order valence-electron chi connectivity index (χ0n) is 18.5. The van der Waals surface area contributed by atoms with Crippen molar-refractivity contribution in [1.82, 2.24) is 19.9 Å². The molecule has 0 saturated heterocycles. The van der Waals surface area contributed by atoms with E-state index in [0.717, 1.165) is 0 Å². The molecule has 10 heteroatoms. The summed E-state index contributed by atoms with van der Waals surface area (Å²) in [5.41, 5.74) is 2.91. The molecule has 3 heterocycles. The van der Waals surface area contributed by atoms with Gasteiger partial charge in [0.1, 0.15) is 29.9 Å². The van der Waals surface area contributed by atoms with Crippen LogP contribution in [-0.2, 0) is 4.79 Å². The summed E-state index contributed by atoms with van der Waals surface area (Å²) in [6, 6.07) is 13.0. The first-order chi connectivity index (χ1) is 17.0. The van der Waals surface area contributed by atoms with Gasteiger partial charge in [-0.1, -0.05) is 12.0 Å². The van der Waals surface area contributed by atoms with E-state index in [1.54, 1.807) is 54.3 Å². The van der Waals surface area contributed by atoms with Crippen molar-refractivity contribution >= 4 is 29.0 Å². The SMILES string of the molecule is CN1C(=O)[C@@H](NC(=O)Nc2cccc(C#Cc3cnc4cccnn34)c2)COc2cc(F)ccc21. The summed E-state index contributed by atoms with van der Waals surface area (Å²) < 4.78 is 20.8. The highest BCUT2D eigenvalue weighted by molar-refractivity contribution is 6.02. The van der Waals surface area contributed by atoms with Crippen molar-refractivity contribution in [3.8, 4) is 17.6 Å². The Bertz CT molecular complexity index is 1510. The standard InChI is InChI=1S/C25H19FN6O3/c1-31-21-10-8-17(26)13-22(21)35-15-20(24(31)33)30-25(34)29-18-5-2-4-16(12-18)7-9-19-14-27-23-6-3-11-28-32(19)23/h2-6,8,10-14,20H,15H2,1H3,(H2,29,30,34)/t20-/m0/s1. The monoisotopic (exact) mass is 470 g/mol. The molecule has 174 valence electrons. The number of amides is 3. The number of nitrogens with zero attached hydrogens (tertiary/aromatic N) is 4. The van der Waals surface area contributed by atoms with Gasteiger partial charge in [0.2, 0.25) is 0 Å². The molecule has 1 aliphatic heterocycles. The fourth-order valence-corrected chi connectivity index (χ4v) is 3.63. The molecule has 5 rings (SSSR count). The average molecular weight is 470 g/mol. The van der Waals surface area contributed by atoms with Crippen molar-refractivity contribution in [3.63, 3.8) is 0 Å². The molecule has 9 nitrogen and oxygen atoms in total. The second-order valence-electron chi connectivity index (χ2n) is 7.74. The number of carbonyl (C=O) groups excluding carboxylic acids is 2. The molecule has 0 saturated carbocycles. The Kier molecular flexibility index (Phi) is 5.73. The molecular weight excluding hydrogens is 451 g/mol. The van der Waals surface area contributed by atoms with E-state index in [2.05, 4.69) is 32.6 Å². The van der Waals surface area contributed by atoms with E-state index in [9.17, 15) is 14.0 Å². The van der Waals surface area contributed by atoms with Gasteiger partial charge < -0.3 is 20.3 Å². The largest absolute Gasteiger partial charge is 0.489 e. The van der Waals surface area contributed by atoms with Crippen LogP contribution in [0, 0.1) is 17.7 Å². The van der Waals surface area contributed by atoms with Crippen LogP contribution < -0.4 is 20.3 Å². The van der Waals surface area contributed by atoms with E-state index in [1.807, 2.05) is 6.07 Å². The number of halogens is 1. The Morgan fingerprint density at radius 1 is 1.17 bits per heavy atom. The first-order valence-electron chi connectivity index (χ1n) is 10.7. The molecule has 0 aliphatic carbocycles.